The Hall–Kier alpha value is -1.56. The lowest BCUT2D eigenvalue weighted by molar-refractivity contribution is 0.1000. The van der Waals surface area contributed by atoms with E-state index in [9.17, 15) is 4.79 Å². The van der Waals surface area contributed by atoms with Gasteiger partial charge in [-0.2, -0.15) is 5.10 Å². The summed E-state index contributed by atoms with van der Waals surface area (Å²) in [5, 5.41) is 4.20. The van der Waals surface area contributed by atoms with Crippen LogP contribution in [0.5, 0.6) is 0 Å². The first-order valence-electron chi connectivity index (χ1n) is 5.23. The van der Waals surface area contributed by atoms with E-state index in [1.807, 2.05) is 11.9 Å². The highest BCUT2D eigenvalue weighted by Gasteiger charge is 2.20. The van der Waals surface area contributed by atoms with E-state index in [0.29, 0.717) is 17.8 Å². The van der Waals surface area contributed by atoms with E-state index in [1.165, 1.54) is 0 Å². The highest BCUT2D eigenvalue weighted by molar-refractivity contribution is 5.99. The Morgan fingerprint density at radius 2 is 2.19 bits per heavy atom. The van der Waals surface area contributed by atoms with Crippen LogP contribution in [0.3, 0.4) is 0 Å². The number of nitrogens with two attached hydrogens (primary N) is 2. The molecule has 1 heterocycles. The highest BCUT2D eigenvalue weighted by atomic mass is 16.1. The minimum atomic E-state index is -0.444. The molecule has 6 heteroatoms. The number of aryl methyl sites for hydroxylation is 2. The Morgan fingerprint density at radius 3 is 2.69 bits per heavy atom. The van der Waals surface area contributed by atoms with Gasteiger partial charge in [0.1, 0.15) is 11.4 Å². The lowest BCUT2D eigenvalue weighted by atomic mass is 10.2. The Kier molecular flexibility index (Phi) is 3.89. The number of anilines is 1. The van der Waals surface area contributed by atoms with Gasteiger partial charge in [0.15, 0.2) is 0 Å². The molecule has 1 rings (SSSR count). The first-order chi connectivity index (χ1) is 7.49. The molecule has 0 bridgehead atoms. The van der Waals surface area contributed by atoms with Crippen molar-refractivity contribution in [2.24, 2.45) is 18.5 Å². The van der Waals surface area contributed by atoms with Crippen molar-refractivity contribution in [1.82, 2.24) is 9.78 Å². The van der Waals surface area contributed by atoms with E-state index in [-0.39, 0.29) is 0 Å². The molecule has 0 aliphatic heterocycles. The summed E-state index contributed by atoms with van der Waals surface area (Å²) in [5.41, 5.74) is 12.0. The third-order valence-electron chi connectivity index (χ3n) is 2.50. The van der Waals surface area contributed by atoms with Crippen LogP contribution in [0.1, 0.15) is 22.5 Å². The van der Waals surface area contributed by atoms with Gasteiger partial charge in [0.25, 0.3) is 5.91 Å². The fourth-order valence-corrected chi connectivity index (χ4v) is 1.81. The summed E-state index contributed by atoms with van der Waals surface area (Å²) in [7, 11) is 3.70. The van der Waals surface area contributed by atoms with Gasteiger partial charge in [-0.3, -0.25) is 9.48 Å². The Balaban J connectivity index is 3.06. The fourth-order valence-electron chi connectivity index (χ4n) is 1.81. The van der Waals surface area contributed by atoms with Crippen molar-refractivity contribution < 1.29 is 4.79 Å². The molecule has 0 aromatic carbocycles. The number of primary amides is 1. The lowest BCUT2D eigenvalue weighted by Crippen LogP contribution is -2.26. The van der Waals surface area contributed by atoms with Crippen molar-refractivity contribution in [3.05, 3.63) is 11.3 Å². The van der Waals surface area contributed by atoms with Crippen LogP contribution < -0.4 is 16.4 Å². The van der Waals surface area contributed by atoms with Gasteiger partial charge in [0.05, 0.1) is 5.69 Å². The molecule has 0 unspecified atom stereocenters. The van der Waals surface area contributed by atoms with E-state index >= 15 is 0 Å². The first kappa shape index (κ1) is 12.5. The molecule has 4 N–H and O–H groups in total. The predicted molar refractivity (Wildman–Crippen MR) is 63.4 cm³/mol. The number of carbonyl (C=O) groups is 1. The summed E-state index contributed by atoms with van der Waals surface area (Å²) in [5.74, 6) is 0.304. The van der Waals surface area contributed by atoms with Gasteiger partial charge < -0.3 is 16.4 Å². The highest BCUT2D eigenvalue weighted by Crippen LogP contribution is 2.21. The monoisotopic (exact) mass is 225 g/mol. The lowest BCUT2D eigenvalue weighted by Gasteiger charge is -2.19. The number of nitrogens with zero attached hydrogens (tertiary/aromatic N) is 3. The van der Waals surface area contributed by atoms with Gasteiger partial charge in [0, 0.05) is 20.6 Å². The normalized spacial score (nSPS) is 10.5. The molecule has 0 aliphatic carbocycles. The molecular formula is C10H19N5O. The molecule has 1 amide bonds. The molecule has 0 atom stereocenters. The van der Waals surface area contributed by atoms with Gasteiger partial charge >= 0.3 is 0 Å². The average Bonchev–Trinajstić information content (AvgIpc) is 2.50. The molecule has 0 radical (unpaired) electrons. The minimum absolute atomic E-state index is 0.444. The second-order valence-electron chi connectivity index (χ2n) is 3.84. The van der Waals surface area contributed by atoms with Crippen LogP contribution in [-0.2, 0) is 7.05 Å². The molecule has 0 saturated carbocycles. The van der Waals surface area contributed by atoms with Gasteiger partial charge in [0.2, 0.25) is 0 Å². The van der Waals surface area contributed by atoms with Crippen molar-refractivity contribution in [3.8, 4) is 0 Å². The van der Waals surface area contributed by atoms with Crippen molar-refractivity contribution in [2.75, 3.05) is 25.0 Å². The Morgan fingerprint density at radius 1 is 1.56 bits per heavy atom. The van der Waals surface area contributed by atoms with Gasteiger partial charge in [-0.15, -0.1) is 0 Å². The number of carbonyl (C=O) groups excluding carboxylic acids is 1. The summed E-state index contributed by atoms with van der Waals surface area (Å²) < 4.78 is 1.67. The zero-order valence-electron chi connectivity index (χ0n) is 10.0. The van der Waals surface area contributed by atoms with E-state index in [4.69, 9.17) is 11.5 Å². The number of hydrogen-bond donors (Lipinski definition) is 2. The molecule has 90 valence electrons. The second-order valence-corrected chi connectivity index (χ2v) is 3.84. The van der Waals surface area contributed by atoms with Crippen LogP contribution in [0.15, 0.2) is 0 Å². The van der Waals surface area contributed by atoms with Crippen LogP contribution in [0.25, 0.3) is 0 Å². The maximum absolute atomic E-state index is 11.4. The summed E-state index contributed by atoms with van der Waals surface area (Å²) >= 11 is 0. The van der Waals surface area contributed by atoms with Crippen LogP contribution in [0, 0.1) is 6.92 Å². The van der Waals surface area contributed by atoms with E-state index in [0.717, 1.165) is 18.8 Å². The average molecular weight is 225 g/mol. The molecule has 6 nitrogen and oxygen atoms in total. The van der Waals surface area contributed by atoms with Crippen LogP contribution in [0.4, 0.5) is 5.82 Å². The third kappa shape index (κ3) is 2.33. The third-order valence-corrected chi connectivity index (χ3v) is 2.50. The zero-order valence-corrected chi connectivity index (χ0v) is 10.0. The van der Waals surface area contributed by atoms with E-state index in [2.05, 4.69) is 5.10 Å². The minimum Gasteiger partial charge on any atom is -0.365 e. The largest absolute Gasteiger partial charge is 0.365 e. The van der Waals surface area contributed by atoms with Crippen molar-refractivity contribution in [2.45, 2.75) is 13.3 Å². The van der Waals surface area contributed by atoms with Crippen molar-refractivity contribution in [3.63, 3.8) is 0 Å². The molecular weight excluding hydrogens is 206 g/mol. The Labute approximate surface area is 95.2 Å². The predicted octanol–water partition coefficient (Wildman–Crippen LogP) is -0.388. The SMILES string of the molecule is Cc1nn(C)c(N(C)CCCN)c1C(N)=O. The van der Waals surface area contributed by atoms with E-state index in [1.54, 1.807) is 18.7 Å². The first-order valence-corrected chi connectivity index (χ1v) is 5.23. The van der Waals surface area contributed by atoms with Gasteiger partial charge in [-0.05, 0) is 19.9 Å². The number of rotatable bonds is 5. The standard InChI is InChI=1S/C10H19N5O/c1-7-8(9(12)16)10(15(3)13-7)14(2)6-4-5-11/h4-6,11H2,1-3H3,(H2,12,16). The van der Waals surface area contributed by atoms with Gasteiger partial charge in [-0.1, -0.05) is 0 Å². The summed E-state index contributed by atoms with van der Waals surface area (Å²) in [4.78, 5) is 13.3. The number of amides is 1. The fraction of sp³-hybridized carbons (Fsp3) is 0.600. The topological polar surface area (TPSA) is 90.2 Å². The quantitative estimate of drug-likeness (QED) is 0.714. The van der Waals surface area contributed by atoms with E-state index < -0.39 is 5.91 Å². The Bertz CT molecular complexity index is 385. The van der Waals surface area contributed by atoms with Crippen molar-refractivity contribution in [1.29, 1.82) is 0 Å². The summed E-state index contributed by atoms with van der Waals surface area (Å²) in [6, 6.07) is 0. The van der Waals surface area contributed by atoms with Crippen LogP contribution in [0.2, 0.25) is 0 Å². The van der Waals surface area contributed by atoms with Gasteiger partial charge in [-0.25, -0.2) is 0 Å². The van der Waals surface area contributed by atoms with Crippen LogP contribution in [-0.4, -0.2) is 35.8 Å². The number of hydrogen-bond acceptors (Lipinski definition) is 4. The molecule has 0 saturated heterocycles. The summed E-state index contributed by atoms with van der Waals surface area (Å²) in [6.07, 6.45) is 0.860. The smallest absolute Gasteiger partial charge is 0.254 e. The molecule has 16 heavy (non-hydrogen) atoms. The molecule has 1 aromatic heterocycles. The number of aromatic nitrogens is 2. The van der Waals surface area contributed by atoms with Crippen LogP contribution >= 0.6 is 0 Å². The maximum atomic E-state index is 11.4. The molecule has 1 aromatic rings. The molecule has 0 aliphatic rings. The molecule has 0 spiro atoms. The second kappa shape index (κ2) is 4.98. The maximum Gasteiger partial charge on any atom is 0.254 e. The van der Waals surface area contributed by atoms with Crippen molar-refractivity contribution >= 4 is 11.7 Å². The summed E-state index contributed by atoms with van der Waals surface area (Å²) in [6.45, 7) is 3.17. The molecule has 0 fully saturated rings. The zero-order chi connectivity index (χ0) is 12.3.